The van der Waals surface area contributed by atoms with Gasteiger partial charge in [0, 0.05) is 35.4 Å². The van der Waals surface area contributed by atoms with E-state index in [-0.39, 0.29) is 11.4 Å². The number of amides is 1. The highest BCUT2D eigenvalue weighted by molar-refractivity contribution is 6.31. The standard InChI is InChI=1S/C19H15ClN4O/c20-16-4-2-1-3-15(16)19(7-8-19)24-18(25)14-11-22-17(23-12-14)13-5-9-21-10-6-13/h1-6,9-12H,7-8H2,(H,24,25). The van der Waals surface area contributed by atoms with Crippen LogP contribution in [0.5, 0.6) is 0 Å². The first-order valence-electron chi connectivity index (χ1n) is 7.98. The summed E-state index contributed by atoms with van der Waals surface area (Å²) < 4.78 is 0. The molecule has 0 saturated heterocycles. The number of benzene rings is 1. The summed E-state index contributed by atoms with van der Waals surface area (Å²) >= 11 is 6.29. The number of hydrogen-bond donors (Lipinski definition) is 1. The SMILES string of the molecule is O=C(NC1(c2ccccc2Cl)CC1)c1cnc(-c2ccncc2)nc1. The molecule has 1 aliphatic rings. The summed E-state index contributed by atoms with van der Waals surface area (Å²) in [7, 11) is 0. The molecule has 0 radical (unpaired) electrons. The molecule has 1 N–H and O–H groups in total. The molecule has 1 fully saturated rings. The second-order valence-electron chi connectivity index (χ2n) is 6.05. The molecule has 2 heterocycles. The van der Waals surface area contributed by atoms with Gasteiger partial charge in [-0.05, 0) is 36.6 Å². The van der Waals surface area contributed by atoms with Crippen LogP contribution < -0.4 is 5.32 Å². The van der Waals surface area contributed by atoms with Crippen molar-refractivity contribution in [3.05, 3.63) is 77.3 Å². The third kappa shape index (κ3) is 3.10. The maximum Gasteiger partial charge on any atom is 0.255 e. The van der Waals surface area contributed by atoms with Crippen molar-refractivity contribution in [2.75, 3.05) is 0 Å². The lowest BCUT2D eigenvalue weighted by Crippen LogP contribution is -2.35. The monoisotopic (exact) mass is 350 g/mol. The normalized spacial score (nSPS) is 14.8. The molecule has 0 atom stereocenters. The van der Waals surface area contributed by atoms with Crippen LogP contribution in [0.3, 0.4) is 0 Å². The summed E-state index contributed by atoms with van der Waals surface area (Å²) in [6.45, 7) is 0. The average Bonchev–Trinajstić information content (AvgIpc) is 3.43. The van der Waals surface area contributed by atoms with Crippen molar-refractivity contribution in [1.29, 1.82) is 0 Å². The molecule has 4 rings (SSSR count). The largest absolute Gasteiger partial charge is 0.342 e. The Bertz CT molecular complexity index is 908. The van der Waals surface area contributed by atoms with Gasteiger partial charge in [0.2, 0.25) is 0 Å². The summed E-state index contributed by atoms with van der Waals surface area (Å²) in [6.07, 6.45) is 8.19. The number of nitrogens with one attached hydrogen (secondary N) is 1. The van der Waals surface area contributed by atoms with Gasteiger partial charge >= 0.3 is 0 Å². The third-order valence-corrected chi connectivity index (χ3v) is 4.67. The quantitative estimate of drug-likeness (QED) is 0.780. The zero-order valence-corrected chi connectivity index (χ0v) is 14.1. The lowest BCUT2D eigenvalue weighted by molar-refractivity contribution is 0.0930. The van der Waals surface area contributed by atoms with E-state index in [0.29, 0.717) is 16.4 Å². The molecular weight excluding hydrogens is 336 g/mol. The predicted octanol–water partition coefficient (Wildman–Crippen LogP) is 3.61. The van der Waals surface area contributed by atoms with Gasteiger partial charge in [-0.15, -0.1) is 0 Å². The average molecular weight is 351 g/mol. The van der Waals surface area contributed by atoms with Crippen LogP contribution in [0.25, 0.3) is 11.4 Å². The molecule has 2 aromatic heterocycles. The molecule has 1 amide bonds. The fourth-order valence-corrected chi connectivity index (χ4v) is 3.14. The van der Waals surface area contributed by atoms with Crippen molar-refractivity contribution in [2.45, 2.75) is 18.4 Å². The number of halogens is 1. The first kappa shape index (κ1) is 15.7. The molecule has 124 valence electrons. The number of nitrogens with zero attached hydrogens (tertiary/aromatic N) is 3. The topological polar surface area (TPSA) is 67.8 Å². The van der Waals surface area contributed by atoms with E-state index in [4.69, 9.17) is 11.6 Å². The summed E-state index contributed by atoms with van der Waals surface area (Å²) in [5.74, 6) is 0.366. The van der Waals surface area contributed by atoms with Crippen LogP contribution in [0.2, 0.25) is 5.02 Å². The molecule has 1 aliphatic carbocycles. The molecule has 0 spiro atoms. The molecule has 1 saturated carbocycles. The van der Waals surface area contributed by atoms with Crippen LogP contribution in [0.1, 0.15) is 28.8 Å². The summed E-state index contributed by atoms with van der Waals surface area (Å²) in [6, 6.07) is 11.3. The van der Waals surface area contributed by atoms with E-state index in [9.17, 15) is 4.79 Å². The second kappa shape index (κ2) is 6.26. The minimum absolute atomic E-state index is 0.196. The lowest BCUT2D eigenvalue weighted by atomic mass is 10.0. The summed E-state index contributed by atoms with van der Waals surface area (Å²) in [4.78, 5) is 25.1. The fraction of sp³-hybridized carbons (Fsp3) is 0.158. The minimum Gasteiger partial charge on any atom is -0.342 e. The molecule has 3 aromatic rings. The van der Waals surface area contributed by atoms with E-state index in [1.54, 1.807) is 24.8 Å². The number of carbonyl (C=O) groups is 1. The van der Waals surface area contributed by atoms with Crippen molar-refractivity contribution < 1.29 is 4.79 Å². The van der Waals surface area contributed by atoms with Gasteiger partial charge in [-0.3, -0.25) is 9.78 Å². The van der Waals surface area contributed by atoms with E-state index < -0.39 is 0 Å². The van der Waals surface area contributed by atoms with E-state index >= 15 is 0 Å². The number of carbonyl (C=O) groups excluding carboxylic acids is 1. The van der Waals surface area contributed by atoms with E-state index in [1.807, 2.05) is 36.4 Å². The van der Waals surface area contributed by atoms with E-state index in [2.05, 4.69) is 20.3 Å². The zero-order valence-electron chi connectivity index (χ0n) is 13.3. The smallest absolute Gasteiger partial charge is 0.255 e. The maximum atomic E-state index is 12.6. The van der Waals surface area contributed by atoms with E-state index in [0.717, 1.165) is 24.0 Å². The molecular formula is C19H15ClN4O. The van der Waals surface area contributed by atoms with Crippen LogP contribution in [0.4, 0.5) is 0 Å². The molecule has 6 heteroatoms. The van der Waals surface area contributed by atoms with Crippen LogP contribution in [0, 0.1) is 0 Å². The molecule has 0 aliphatic heterocycles. The highest BCUT2D eigenvalue weighted by atomic mass is 35.5. The highest BCUT2D eigenvalue weighted by Crippen LogP contribution is 2.48. The van der Waals surface area contributed by atoms with Gasteiger partial charge < -0.3 is 5.32 Å². The fourth-order valence-electron chi connectivity index (χ4n) is 2.82. The van der Waals surface area contributed by atoms with Gasteiger partial charge in [-0.2, -0.15) is 0 Å². The highest BCUT2D eigenvalue weighted by Gasteiger charge is 2.47. The van der Waals surface area contributed by atoms with Gasteiger partial charge in [0.25, 0.3) is 5.91 Å². The molecule has 1 aromatic carbocycles. The van der Waals surface area contributed by atoms with Crippen molar-refractivity contribution in [2.24, 2.45) is 0 Å². The Balaban J connectivity index is 1.53. The predicted molar refractivity (Wildman–Crippen MR) is 95.1 cm³/mol. The Labute approximate surface area is 150 Å². The molecule has 0 bridgehead atoms. The summed E-state index contributed by atoms with van der Waals surface area (Å²) in [5.41, 5.74) is 1.87. The summed E-state index contributed by atoms with van der Waals surface area (Å²) in [5, 5.41) is 3.76. The van der Waals surface area contributed by atoms with Gasteiger partial charge in [-0.1, -0.05) is 29.8 Å². The number of pyridine rings is 1. The number of aromatic nitrogens is 3. The van der Waals surface area contributed by atoms with Gasteiger partial charge in [-0.25, -0.2) is 9.97 Å². The zero-order chi connectivity index (χ0) is 17.3. The maximum absolute atomic E-state index is 12.6. The Hall–Kier alpha value is -2.79. The second-order valence-corrected chi connectivity index (χ2v) is 6.45. The number of rotatable bonds is 4. The third-order valence-electron chi connectivity index (χ3n) is 4.34. The first-order chi connectivity index (χ1) is 12.2. The van der Waals surface area contributed by atoms with Crippen molar-refractivity contribution in [3.8, 4) is 11.4 Å². The van der Waals surface area contributed by atoms with Crippen molar-refractivity contribution >= 4 is 17.5 Å². The number of hydrogen-bond acceptors (Lipinski definition) is 4. The Morgan fingerprint density at radius 3 is 2.36 bits per heavy atom. The van der Waals surface area contributed by atoms with Crippen LogP contribution in [-0.2, 0) is 5.54 Å². The van der Waals surface area contributed by atoms with Crippen LogP contribution >= 0.6 is 11.6 Å². The van der Waals surface area contributed by atoms with Gasteiger partial charge in [0.15, 0.2) is 5.82 Å². The first-order valence-corrected chi connectivity index (χ1v) is 8.36. The van der Waals surface area contributed by atoms with E-state index in [1.165, 1.54) is 0 Å². The Morgan fingerprint density at radius 2 is 1.72 bits per heavy atom. The lowest BCUT2D eigenvalue weighted by Gasteiger charge is -2.19. The van der Waals surface area contributed by atoms with Crippen molar-refractivity contribution in [3.63, 3.8) is 0 Å². The van der Waals surface area contributed by atoms with Crippen molar-refractivity contribution in [1.82, 2.24) is 20.3 Å². The molecule has 0 unspecified atom stereocenters. The van der Waals surface area contributed by atoms with Gasteiger partial charge in [0.1, 0.15) is 0 Å². The van der Waals surface area contributed by atoms with Gasteiger partial charge in [0.05, 0.1) is 11.1 Å². The Kier molecular flexibility index (Phi) is 3.93. The Morgan fingerprint density at radius 1 is 1.04 bits per heavy atom. The minimum atomic E-state index is -0.376. The molecule has 25 heavy (non-hydrogen) atoms. The molecule has 5 nitrogen and oxygen atoms in total. The van der Waals surface area contributed by atoms with Crippen LogP contribution in [0.15, 0.2) is 61.2 Å². The van der Waals surface area contributed by atoms with Crippen LogP contribution in [-0.4, -0.2) is 20.9 Å².